The van der Waals surface area contributed by atoms with Gasteiger partial charge in [0.25, 0.3) is 0 Å². The summed E-state index contributed by atoms with van der Waals surface area (Å²) in [5, 5.41) is 14.9. The van der Waals surface area contributed by atoms with Crippen molar-refractivity contribution in [2.45, 2.75) is 57.6 Å². The number of amides is 1. The average molecular weight is 388 g/mol. The number of carboxylic acid groups (broad SMARTS) is 1. The fourth-order valence-electron chi connectivity index (χ4n) is 3.30. The van der Waals surface area contributed by atoms with Crippen molar-refractivity contribution in [3.63, 3.8) is 0 Å². The molecular formula is C20H24N2O4S. The summed E-state index contributed by atoms with van der Waals surface area (Å²) in [6.45, 7) is 2.36. The molecule has 1 amide bonds. The van der Waals surface area contributed by atoms with Crippen molar-refractivity contribution in [2.75, 3.05) is 0 Å². The minimum absolute atomic E-state index is 0.0794. The maximum Gasteiger partial charge on any atom is 0.329 e. The van der Waals surface area contributed by atoms with E-state index < -0.39 is 11.5 Å². The third-order valence-corrected chi connectivity index (χ3v) is 5.69. The molecule has 3 rings (SSSR count). The zero-order valence-corrected chi connectivity index (χ0v) is 16.2. The summed E-state index contributed by atoms with van der Waals surface area (Å²) in [5.74, 6) is -0.465. The topological polar surface area (TPSA) is 88.5 Å². The summed E-state index contributed by atoms with van der Waals surface area (Å²) in [6.07, 6.45) is 3.71. The van der Waals surface area contributed by atoms with Gasteiger partial charge in [0.2, 0.25) is 5.91 Å². The number of carbonyl (C=O) groups excluding carboxylic acids is 1. The smallest absolute Gasteiger partial charge is 0.329 e. The van der Waals surface area contributed by atoms with Crippen LogP contribution in [-0.2, 0) is 22.6 Å². The summed E-state index contributed by atoms with van der Waals surface area (Å²) in [7, 11) is 0. The number of nitrogens with one attached hydrogen (secondary N) is 1. The number of carbonyl (C=O) groups is 2. The van der Waals surface area contributed by atoms with Crippen molar-refractivity contribution < 1.29 is 19.4 Å². The number of aryl methyl sites for hydroxylation is 1. The largest absolute Gasteiger partial charge is 0.486 e. The summed E-state index contributed by atoms with van der Waals surface area (Å²) in [5.41, 5.74) is 0.682. The van der Waals surface area contributed by atoms with Crippen LogP contribution in [0.4, 0.5) is 0 Å². The number of nitrogens with zero attached hydrogens (tertiary/aromatic N) is 1. The van der Waals surface area contributed by atoms with E-state index in [1.807, 2.05) is 36.6 Å². The number of carboxylic acids is 1. The molecule has 0 radical (unpaired) electrons. The van der Waals surface area contributed by atoms with Gasteiger partial charge >= 0.3 is 5.97 Å². The minimum Gasteiger partial charge on any atom is -0.486 e. The van der Waals surface area contributed by atoms with Crippen LogP contribution in [0.15, 0.2) is 29.6 Å². The van der Waals surface area contributed by atoms with E-state index in [-0.39, 0.29) is 12.3 Å². The highest BCUT2D eigenvalue weighted by molar-refractivity contribution is 7.09. The molecule has 1 heterocycles. The van der Waals surface area contributed by atoms with Gasteiger partial charge in [-0.1, -0.05) is 37.0 Å². The third-order valence-electron chi connectivity index (χ3n) is 4.82. The van der Waals surface area contributed by atoms with Crippen molar-refractivity contribution >= 4 is 23.2 Å². The molecule has 0 atom stereocenters. The first-order valence-corrected chi connectivity index (χ1v) is 10.0. The molecule has 0 aliphatic heterocycles. The van der Waals surface area contributed by atoms with Crippen molar-refractivity contribution in [1.29, 1.82) is 0 Å². The number of rotatable bonds is 7. The Balaban J connectivity index is 1.54. The molecule has 2 aromatic rings. The molecule has 1 aromatic heterocycles. The highest BCUT2D eigenvalue weighted by atomic mass is 32.1. The lowest BCUT2D eigenvalue weighted by Gasteiger charge is -2.33. The van der Waals surface area contributed by atoms with E-state index in [2.05, 4.69) is 10.3 Å². The number of hydrogen-bond donors (Lipinski definition) is 2. The summed E-state index contributed by atoms with van der Waals surface area (Å²) >= 11 is 1.43. The van der Waals surface area contributed by atoms with Crippen LogP contribution in [-0.4, -0.2) is 27.5 Å². The van der Waals surface area contributed by atoms with Gasteiger partial charge in [0.15, 0.2) is 0 Å². The molecule has 2 N–H and O–H groups in total. The van der Waals surface area contributed by atoms with Crippen LogP contribution in [0.2, 0.25) is 0 Å². The van der Waals surface area contributed by atoms with Gasteiger partial charge in [-0.3, -0.25) is 4.79 Å². The fraction of sp³-hybridized carbons (Fsp3) is 0.450. The highest BCUT2D eigenvalue weighted by Gasteiger charge is 2.40. The molecule has 1 aromatic carbocycles. The Bertz CT molecular complexity index is 795. The van der Waals surface area contributed by atoms with Crippen molar-refractivity contribution in [3.8, 4) is 5.75 Å². The van der Waals surface area contributed by atoms with E-state index in [0.717, 1.165) is 30.0 Å². The first kappa shape index (κ1) is 19.4. The molecule has 0 spiro atoms. The normalized spacial score (nSPS) is 15.9. The van der Waals surface area contributed by atoms with Gasteiger partial charge in [0.05, 0.1) is 12.1 Å². The Morgan fingerprint density at radius 2 is 1.93 bits per heavy atom. The Hall–Kier alpha value is -2.41. The van der Waals surface area contributed by atoms with E-state index in [4.69, 9.17) is 4.74 Å². The van der Waals surface area contributed by atoms with Crippen LogP contribution in [0.5, 0.6) is 5.75 Å². The fourth-order valence-corrected chi connectivity index (χ4v) is 4.00. The molecule has 7 heteroatoms. The minimum atomic E-state index is -1.12. The van der Waals surface area contributed by atoms with Crippen LogP contribution in [0, 0.1) is 6.92 Å². The SMILES string of the molecule is Cc1ccc(OCc2nc(CC(=O)NC3(C(=O)O)CCCCC3)cs2)cc1. The van der Waals surface area contributed by atoms with Crippen molar-refractivity contribution in [3.05, 3.63) is 45.9 Å². The number of ether oxygens (including phenoxy) is 1. The second-order valence-corrected chi connectivity index (χ2v) is 7.95. The second kappa shape index (κ2) is 8.52. The van der Waals surface area contributed by atoms with Crippen LogP contribution in [0.3, 0.4) is 0 Å². The number of hydrogen-bond acceptors (Lipinski definition) is 5. The summed E-state index contributed by atoms with van der Waals surface area (Å²) < 4.78 is 5.70. The Kier molecular flexibility index (Phi) is 6.11. The quantitative estimate of drug-likeness (QED) is 0.758. The number of benzene rings is 1. The lowest BCUT2D eigenvalue weighted by Crippen LogP contribution is -2.56. The van der Waals surface area contributed by atoms with Crippen LogP contribution in [0.25, 0.3) is 0 Å². The maximum absolute atomic E-state index is 12.4. The van der Waals surface area contributed by atoms with Gasteiger partial charge in [0, 0.05) is 5.38 Å². The molecule has 1 aliphatic carbocycles. The third kappa shape index (κ3) is 5.07. The maximum atomic E-state index is 12.4. The Morgan fingerprint density at radius 1 is 1.22 bits per heavy atom. The lowest BCUT2D eigenvalue weighted by molar-refractivity contribution is -0.149. The molecule has 0 unspecified atom stereocenters. The molecule has 6 nitrogen and oxygen atoms in total. The van der Waals surface area contributed by atoms with Gasteiger partial charge in [-0.05, 0) is 31.9 Å². The first-order valence-electron chi connectivity index (χ1n) is 9.14. The summed E-state index contributed by atoms with van der Waals surface area (Å²) in [6, 6.07) is 7.78. The standard InChI is InChI=1S/C20H24N2O4S/c1-14-5-7-16(8-6-14)26-12-18-21-15(13-27-18)11-17(23)22-20(19(24)25)9-3-2-4-10-20/h5-8,13H,2-4,9-12H2,1H3,(H,22,23)(H,24,25). The van der Waals surface area contributed by atoms with E-state index in [1.165, 1.54) is 16.9 Å². The van der Waals surface area contributed by atoms with Gasteiger partial charge < -0.3 is 15.2 Å². The zero-order chi connectivity index (χ0) is 19.3. The predicted octanol–water partition coefficient (Wildman–Crippen LogP) is 3.48. The van der Waals surface area contributed by atoms with Crippen LogP contribution in [0.1, 0.15) is 48.4 Å². The average Bonchev–Trinajstić information content (AvgIpc) is 3.09. The molecule has 144 valence electrons. The monoisotopic (exact) mass is 388 g/mol. The van der Waals surface area contributed by atoms with E-state index in [0.29, 0.717) is 25.1 Å². The molecular weight excluding hydrogens is 364 g/mol. The van der Waals surface area contributed by atoms with E-state index in [1.54, 1.807) is 0 Å². The second-order valence-electron chi connectivity index (χ2n) is 7.01. The molecule has 0 bridgehead atoms. The van der Waals surface area contributed by atoms with Crippen LogP contribution < -0.4 is 10.1 Å². The van der Waals surface area contributed by atoms with E-state index >= 15 is 0 Å². The highest BCUT2D eigenvalue weighted by Crippen LogP contribution is 2.28. The van der Waals surface area contributed by atoms with Gasteiger partial charge in [-0.15, -0.1) is 11.3 Å². The molecule has 1 fully saturated rings. The van der Waals surface area contributed by atoms with Gasteiger partial charge in [-0.25, -0.2) is 9.78 Å². The van der Waals surface area contributed by atoms with Gasteiger partial charge in [-0.2, -0.15) is 0 Å². The molecule has 27 heavy (non-hydrogen) atoms. The lowest BCUT2D eigenvalue weighted by atomic mass is 9.81. The number of thiazole rings is 1. The van der Waals surface area contributed by atoms with Gasteiger partial charge in [0.1, 0.15) is 22.9 Å². The Morgan fingerprint density at radius 3 is 2.59 bits per heavy atom. The first-order chi connectivity index (χ1) is 13.0. The number of aliphatic carboxylic acids is 1. The van der Waals surface area contributed by atoms with Crippen molar-refractivity contribution in [2.24, 2.45) is 0 Å². The molecule has 1 saturated carbocycles. The zero-order valence-electron chi connectivity index (χ0n) is 15.4. The van der Waals surface area contributed by atoms with Crippen molar-refractivity contribution in [1.82, 2.24) is 10.3 Å². The van der Waals surface area contributed by atoms with E-state index in [9.17, 15) is 14.7 Å². The van der Waals surface area contributed by atoms with Crippen LogP contribution >= 0.6 is 11.3 Å². The molecule has 1 aliphatic rings. The molecule has 0 saturated heterocycles. The number of aromatic nitrogens is 1. The predicted molar refractivity (Wildman–Crippen MR) is 103 cm³/mol. The Labute approximate surface area is 162 Å². The summed E-state index contributed by atoms with van der Waals surface area (Å²) in [4.78, 5) is 28.5.